The van der Waals surface area contributed by atoms with Gasteiger partial charge in [0, 0.05) is 40.6 Å². The summed E-state index contributed by atoms with van der Waals surface area (Å²) in [5.41, 5.74) is 0.466. The van der Waals surface area contributed by atoms with Crippen molar-refractivity contribution >= 4 is 22.6 Å². The molecule has 2 nitrogen and oxygen atoms in total. The lowest BCUT2D eigenvalue weighted by Crippen LogP contribution is -2.44. The topological polar surface area (TPSA) is 29.1 Å². The summed E-state index contributed by atoms with van der Waals surface area (Å²) < 4.78 is 11.0. The Morgan fingerprint density at radius 2 is 2.25 bits per heavy atom. The second kappa shape index (κ2) is 6.41. The number of nitrogens with one attached hydrogen (secondary N) is 1. The summed E-state index contributed by atoms with van der Waals surface area (Å²) in [7, 11) is -0.653. The van der Waals surface area contributed by atoms with Crippen molar-refractivity contribution in [3.63, 3.8) is 0 Å². The molecule has 1 rings (SSSR count). The molecular weight excluding hydrogens is 238 g/mol. The van der Waals surface area contributed by atoms with Gasteiger partial charge in [-0.15, -0.1) is 0 Å². The molecule has 3 atom stereocenters. The number of thioether (sulfide) groups is 1. The summed E-state index contributed by atoms with van der Waals surface area (Å²) in [6.07, 6.45) is 4.07. The smallest absolute Gasteiger partial charge is 0.0246 e. The second-order valence-electron chi connectivity index (χ2n) is 5.71. The molecule has 0 saturated carbocycles. The largest absolute Gasteiger partial charge is 0.311 e. The average Bonchev–Trinajstić information content (AvgIpc) is 2.13. The zero-order valence-electron chi connectivity index (χ0n) is 10.9. The van der Waals surface area contributed by atoms with Gasteiger partial charge in [-0.25, -0.2) is 0 Å². The van der Waals surface area contributed by atoms with E-state index in [-0.39, 0.29) is 0 Å². The lowest BCUT2D eigenvalue weighted by Gasteiger charge is -2.36. The van der Waals surface area contributed by atoms with Crippen LogP contribution in [0, 0.1) is 5.41 Å². The van der Waals surface area contributed by atoms with Gasteiger partial charge >= 0.3 is 0 Å². The molecule has 4 heteroatoms. The van der Waals surface area contributed by atoms with Crippen molar-refractivity contribution < 1.29 is 4.21 Å². The molecule has 0 aromatic rings. The highest BCUT2D eigenvalue weighted by Crippen LogP contribution is 2.33. The van der Waals surface area contributed by atoms with Crippen molar-refractivity contribution in [2.24, 2.45) is 5.41 Å². The first-order valence-electron chi connectivity index (χ1n) is 6.03. The quantitative estimate of drug-likeness (QED) is 0.825. The lowest BCUT2D eigenvalue weighted by molar-refractivity contribution is 0.302. The number of rotatable bonds is 5. The number of hydrogen-bond acceptors (Lipinski definition) is 3. The van der Waals surface area contributed by atoms with Gasteiger partial charge in [-0.1, -0.05) is 13.8 Å². The predicted octanol–water partition coefficient (Wildman–Crippen LogP) is 2.26. The van der Waals surface area contributed by atoms with E-state index in [1.165, 1.54) is 17.9 Å². The maximum absolute atomic E-state index is 11.0. The molecule has 1 aliphatic rings. The Morgan fingerprint density at radius 3 is 2.81 bits per heavy atom. The van der Waals surface area contributed by atoms with Gasteiger partial charge in [0.2, 0.25) is 0 Å². The summed E-state index contributed by atoms with van der Waals surface area (Å²) in [4.78, 5) is 0. The first-order valence-corrected chi connectivity index (χ1v) is 8.91. The van der Waals surface area contributed by atoms with Crippen LogP contribution < -0.4 is 5.32 Å². The van der Waals surface area contributed by atoms with Crippen LogP contribution in [0.5, 0.6) is 0 Å². The molecule has 3 unspecified atom stereocenters. The fraction of sp³-hybridized carbons (Fsp3) is 1.00. The van der Waals surface area contributed by atoms with Crippen LogP contribution in [-0.4, -0.2) is 39.8 Å². The average molecular weight is 263 g/mol. The highest BCUT2D eigenvalue weighted by Gasteiger charge is 2.28. The van der Waals surface area contributed by atoms with E-state index in [1.54, 1.807) is 6.26 Å². The zero-order chi connectivity index (χ0) is 12.2. The van der Waals surface area contributed by atoms with E-state index >= 15 is 0 Å². The van der Waals surface area contributed by atoms with Crippen LogP contribution in [0.3, 0.4) is 0 Å². The highest BCUT2D eigenvalue weighted by atomic mass is 32.2. The Labute approximate surface area is 107 Å². The first-order chi connectivity index (χ1) is 7.39. The van der Waals surface area contributed by atoms with E-state index in [0.717, 1.165) is 12.2 Å². The van der Waals surface area contributed by atoms with E-state index in [1.807, 2.05) is 0 Å². The second-order valence-corrected chi connectivity index (χ2v) is 8.30. The van der Waals surface area contributed by atoms with Gasteiger partial charge in [-0.2, -0.15) is 11.8 Å². The van der Waals surface area contributed by atoms with Crippen molar-refractivity contribution in [2.45, 2.75) is 45.7 Å². The van der Waals surface area contributed by atoms with E-state index in [4.69, 9.17) is 0 Å². The molecule has 96 valence electrons. The molecule has 1 heterocycles. The molecule has 0 amide bonds. The fourth-order valence-corrected chi connectivity index (χ4v) is 4.17. The summed E-state index contributed by atoms with van der Waals surface area (Å²) in [5.74, 6) is 3.32. The molecule has 0 spiro atoms. The molecule has 1 N–H and O–H groups in total. The van der Waals surface area contributed by atoms with Gasteiger partial charge in [0.1, 0.15) is 0 Å². The Kier molecular flexibility index (Phi) is 5.82. The SMILES string of the molecule is CC(CCS(C)=O)NC1CSCC(C)(C)C1. The van der Waals surface area contributed by atoms with E-state index in [0.29, 0.717) is 17.5 Å². The molecule has 16 heavy (non-hydrogen) atoms. The van der Waals surface area contributed by atoms with Gasteiger partial charge < -0.3 is 5.32 Å². The third kappa shape index (κ3) is 5.69. The monoisotopic (exact) mass is 263 g/mol. The normalized spacial score (nSPS) is 28.6. The fourth-order valence-electron chi connectivity index (χ4n) is 2.20. The summed E-state index contributed by atoms with van der Waals surface area (Å²) in [5, 5.41) is 3.67. The Balaban J connectivity index is 2.28. The van der Waals surface area contributed by atoms with Crippen LogP contribution in [0.25, 0.3) is 0 Å². The van der Waals surface area contributed by atoms with Crippen molar-refractivity contribution in [2.75, 3.05) is 23.5 Å². The van der Waals surface area contributed by atoms with Crippen molar-refractivity contribution in [3.05, 3.63) is 0 Å². The summed E-state index contributed by atoms with van der Waals surface area (Å²) in [6.45, 7) is 6.90. The van der Waals surface area contributed by atoms with Crippen LogP contribution in [0.4, 0.5) is 0 Å². The van der Waals surface area contributed by atoms with Gasteiger partial charge in [-0.3, -0.25) is 4.21 Å². The molecule has 0 aliphatic carbocycles. The van der Waals surface area contributed by atoms with Crippen LogP contribution in [0.15, 0.2) is 0 Å². The molecule has 0 aromatic carbocycles. The number of hydrogen-bond donors (Lipinski definition) is 1. The van der Waals surface area contributed by atoms with E-state index in [2.05, 4.69) is 37.8 Å². The van der Waals surface area contributed by atoms with Crippen LogP contribution in [0.1, 0.15) is 33.6 Å². The molecule has 0 bridgehead atoms. The van der Waals surface area contributed by atoms with Crippen molar-refractivity contribution in [1.29, 1.82) is 0 Å². The summed E-state index contributed by atoms with van der Waals surface area (Å²) >= 11 is 2.05. The Morgan fingerprint density at radius 1 is 1.56 bits per heavy atom. The molecule has 1 saturated heterocycles. The predicted molar refractivity (Wildman–Crippen MR) is 75.7 cm³/mol. The van der Waals surface area contributed by atoms with Gasteiger partial charge in [-0.05, 0) is 30.9 Å². The molecule has 0 radical (unpaired) electrons. The lowest BCUT2D eigenvalue weighted by atomic mass is 9.87. The summed E-state index contributed by atoms with van der Waals surface area (Å²) in [6, 6.07) is 1.12. The van der Waals surface area contributed by atoms with Crippen LogP contribution in [0.2, 0.25) is 0 Å². The minimum Gasteiger partial charge on any atom is -0.311 e. The third-order valence-electron chi connectivity index (χ3n) is 2.97. The van der Waals surface area contributed by atoms with Crippen LogP contribution >= 0.6 is 11.8 Å². The van der Waals surface area contributed by atoms with E-state index < -0.39 is 10.8 Å². The standard InChI is InChI=1S/C12H25NOS2/c1-10(5-6-16(4)14)13-11-7-12(2,3)9-15-8-11/h10-11,13H,5-9H2,1-4H3. The zero-order valence-corrected chi connectivity index (χ0v) is 12.5. The maximum atomic E-state index is 11.0. The molecule has 1 aliphatic heterocycles. The third-order valence-corrected chi connectivity index (χ3v) is 5.40. The molecule has 1 fully saturated rings. The first kappa shape index (κ1) is 14.5. The van der Waals surface area contributed by atoms with Crippen molar-refractivity contribution in [1.82, 2.24) is 5.32 Å². The van der Waals surface area contributed by atoms with Crippen molar-refractivity contribution in [3.8, 4) is 0 Å². The van der Waals surface area contributed by atoms with Crippen LogP contribution in [-0.2, 0) is 10.8 Å². The minimum absolute atomic E-state index is 0.466. The maximum Gasteiger partial charge on any atom is 0.0246 e. The van der Waals surface area contributed by atoms with Gasteiger partial charge in [0.05, 0.1) is 0 Å². The Bertz CT molecular complexity index is 243. The molecule has 0 aromatic heterocycles. The molecular formula is C12H25NOS2. The highest BCUT2D eigenvalue weighted by molar-refractivity contribution is 7.99. The van der Waals surface area contributed by atoms with Gasteiger partial charge in [0.15, 0.2) is 0 Å². The van der Waals surface area contributed by atoms with Gasteiger partial charge in [0.25, 0.3) is 0 Å². The Hall–Kier alpha value is 0.460. The minimum atomic E-state index is -0.653. The van der Waals surface area contributed by atoms with E-state index in [9.17, 15) is 4.21 Å².